The molecule has 5 nitrogen and oxygen atoms in total. The van der Waals surface area contributed by atoms with Crippen LogP contribution in [0.25, 0.3) is 0 Å². The SMILES string of the molecule is CC(NCCc1ccc(OCc2ccccc2)cc1)c1ccc2c(c1)OCC(=O)N2. The molecule has 0 radical (unpaired) electrons. The molecule has 0 saturated carbocycles. The summed E-state index contributed by atoms with van der Waals surface area (Å²) in [5.74, 6) is 1.50. The van der Waals surface area contributed by atoms with Crippen LogP contribution in [0.15, 0.2) is 72.8 Å². The first-order valence-electron chi connectivity index (χ1n) is 10.2. The molecule has 1 amide bonds. The average Bonchev–Trinajstić information content (AvgIpc) is 2.79. The molecule has 2 N–H and O–H groups in total. The molecule has 30 heavy (non-hydrogen) atoms. The highest BCUT2D eigenvalue weighted by Gasteiger charge is 2.17. The van der Waals surface area contributed by atoms with E-state index in [1.807, 2.05) is 48.5 Å². The summed E-state index contributed by atoms with van der Waals surface area (Å²) in [7, 11) is 0. The second kappa shape index (κ2) is 9.46. The van der Waals surface area contributed by atoms with Crippen LogP contribution in [0, 0.1) is 0 Å². The molecule has 154 valence electrons. The maximum absolute atomic E-state index is 11.4. The number of fused-ring (bicyclic) bond motifs is 1. The summed E-state index contributed by atoms with van der Waals surface area (Å²) in [6.07, 6.45) is 0.931. The summed E-state index contributed by atoms with van der Waals surface area (Å²) in [5.41, 5.74) is 4.29. The van der Waals surface area contributed by atoms with Gasteiger partial charge in [0.25, 0.3) is 5.91 Å². The Hall–Kier alpha value is -3.31. The highest BCUT2D eigenvalue weighted by Crippen LogP contribution is 2.30. The molecule has 1 aliphatic heterocycles. The lowest BCUT2D eigenvalue weighted by molar-refractivity contribution is -0.118. The fourth-order valence-electron chi connectivity index (χ4n) is 3.40. The van der Waals surface area contributed by atoms with Gasteiger partial charge in [0.15, 0.2) is 6.61 Å². The van der Waals surface area contributed by atoms with Crippen LogP contribution in [0.2, 0.25) is 0 Å². The zero-order chi connectivity index (χ0) is 20.8. The van der Waals surface area contributed by atoms with E-state index >= 15 is 0 Å². The topological polar surface area (TPSA) is 59.6 Å². The molecule has 0 bridgehead atoms. The fraction of sp³-hybridized carbons (Fsp3) is 0.240. The van der Waals surface area contributed by atoms with Crippen molar-refractivity contribution < 1.29 is 14.3 Å². The van der Waals surface area contributed by atoms with Gasteiger partial charge in [-0.05, 0) is 60.8 Å². The van der Waals surface area contributed by atoms with Crippen LogP contribution >= 0.6 is 0 Å². The number of anilines is 1. The van der Waals surface area contributed by atoms with Crippen LogP contribution in [0.3, 0.4) is 0 Å². The molecule has 1 unspecified atom stereocenters. The molecule has 3 aromatic rings. The molecular weight excluding hydrogens is 376 g/mol. The molecular formula is C25H26N2O3. The van der Waals surface area contributed by atoms with Gasteiger partial charge in [0.1, 0.15) is 18.1 Å². The van der Waals surface area contributed by atoms with Gasteiger partial charge >= 0.3 is 0 Å². The molecule has 1 atom stereocenters. The van der Waals surface area contributed by atoms with Crippen molar-refractivity contribution in [2.45, 2.75) is 26.0 Å². The van der Waals surface area contributed by atoms with Crippen molar-refractivity contribution >= 4 is 11.6 Å². The lowest BCUT2D eigenvalue weighted by Crippen LogP contribution is -2.26. The van der Waals surface area contributed by atoms with Crippen molar-refractivity contribution in [2.75, 3.05) is 18.5 Å². The van der Waals surface area contributed by atoms with Crippen molar-refractivity contribution in [3.8, 4) is 11.5 Å². The molecule has 0 spiro atoms. The van der Waals surface area contributed by atoms with Crippen LogP contribution in [0.1, 0.15) is 29.7 Å². The molecule has 4 rings (SSSR count). The molecule has 0 aromatic heterocycles. The van der Waals surface area contributed by atoms with E-state index < -0.39 is 0 Å². The predicted molar refractivity (Wildman–Crippen MR) is 118 cm³/mol. The minimum absolute atomic E-state index is 0.0727. The Morgan fingerprint density at radius 3 is 2.63 bits per heavy atom. The van der Waals surface area contributed by atoms with Gasteiger partial charge in [0.2, 0.25) is 0 Å². The molecule has 0 saturated heterocycles. The first kappa shape index (κ1) is 20.0. The van der Waals surface area contributed by atoms with Gasteiger partial charge in [-0.1, -0.05) is 48.5 Å². The van der Waals surface area contributed by atoms with E-state index in [1.54, 1.807) is 0 Å². The van der Waals surface area contributed by atoms with Gasteiger partial charge in [-0.25, -0.2) is 0 Å². The second-order valence-electron chi connectivity index (χ2n) is 7.44. The number of hydrogen-bond donors (Lipinski definition) is 2. The molecule has 0 fully saturated rings. The van der Waals surface area contributed by atoms with Gasteiger partial charge in [0, 0.05) is 6.04 Å². The Labute approximate surface area is 177 Å². The maximum atomic E-state index is 11.4. The average molecular weight is 402 g/mol. The van der Waals surface area contributed by atoms with Crippen LogP contribution < -0.4 is 20.1 Å². The van der Waals surface area contributed by atoms with E-state index in [4.69, 9.17) is 9.47 Å². The largest absolute Gasteiger partial charge is 0.489 e. The monoisotopic (exact) mass is 402 g/mol. The number of carbonyl (C=O) groups excluding carboxylic acids is 1. The number of carbonyl (C=O) groups is 1. The second-order valence-corrected chi connectivity index (χ2v) is 7.44. The van der Waals surface area contributed by atoms with E-state index in [2.05, 4.69) is 41.8 Å². The van der Waals surface area contributed by atoms with Crippen molar-refractivity contribution in [1.82, 2.24) is 5.32 Å². The normalized spacial score (nSPS) is 13.7. The zero-order valence-corrected chi connectivity index (χ0v) is 17.1. The third-order valence-corrected chi connectivity index (χ3v) is 5.17. The van der Waals surface area contributed by atoms with Crippen molar-refractivity contribution in [1.29, 1.82) is 0 Å². The van der Waals surface area contributed by atoms with Crippen LogP contribution in [-0.2, 0) is 17.8 Å². The zero-order valence-electron chi connectivity index (χ0n) is 17.1. The summed E-state index contributed by atoms with van der Waals surface area (Å²) in [6, 6.07) is 24.5. The summed E-state index contributed by atoms with van der Waals surface area (Å²) in [6.45, 7) is 3.64. The Bertz CT molecular complexity index is 987. The van der Waals surface area contributed by atoms with E-state index in [1.165, 1.54) is 5.56 Å². The van der Waals surface area contributed by atoms with Crippen LogP contribution in [-0.4, -0.2) is 19.1 Å². The van der Waals surface area contributed by atoms with Crippen molar-refractivity contribution in [2.24, 2.45) is 0 Å². The molecule has 1 aliphatic rings. The lowest BCUT2D eigenvalue weighted by atomic mass is 10.1. The highest BCUT2D eigenvalue weighted by molar-refractivity contribution is 5.95. The van der Waals surface area contributed by atoms with Gasteiger partial charge in [-0.15, -0.1) is 0 Å². The van der Waals surface area contributed by atoms with Crippen molar-refractivity contribution in [3.63, 3.8) is 0 Å². The standard InChI is InChI=1S/C25H26N2O3/c1-18(21-9-12-23-24(15-21)30-17-25(28)27-23)26-14-13-19-7-10-22(11-8-19)29-16-20-5-3-2-4-6-20/h2-12,15,18,26H,13-14,16-17H2,1H3,(H,27,28). The maximum Gasteiger partial charge on any atom is 0.262 e. The number of nitrogens with one attached hydrogen (secondary N) is 2. The highest BCUT2D eigenvalue weighted by atomic mass is 16.5. The first-order chi connectivity index (χ1) is 14.7. The molecule has 0 aliphatic carbocycles. The predicted octanol–water partition coefficient (Wildman–Crippen LogP) is 4.49. The quantitative estimate of drug-likeness (QED) is 0.583. The van der Waals surface area contributed by atoms with Gasteiger partial charge in [-0.2, -0.15) is 0 Å². The minimum atomic E-state index is -0.113. The number of rotatable bonds is 8. The Kier molecular flexibility index (Phi) is 6.30. The summed E-state index contributed by atoms with van der Waals surface area (Å²) in [5, 5.41) is 6.37. The third-order valence-electron chi connectivity index (χ3n) is 5.17. The lowest BCUT2D eigenvalue weighted by Gasteiger charge is -2.21. The van der Waals surface area contributed by atoms with E-state index in [9.17, 15) is 4.79 Å². The minimum Gasteiger partial charge on any atom is -0.489 e. The number of benzene rings is 3. The smallest absolute Gasteiger partial charge is 0.262 e. The van der Waals surface area contributed by atoms with E-state index in [0.717, 1.165) is 41.3 Å². The number of amides is 1. The van der Waals surface area contributed by atoms with E-state index in [0.29, 0.717) is 6.61 Å². The Morgan fingerprint density at radius 2 is 1.83 bits per heavy atom. The summed E-state index contributed by atoms with van der Waals surface area (Å²) >= 11 is 0. The van der Waals surface area contributed by atoms with Gasteiger partial charge < -0.3 is 20.1 Å². The number of ether oxygens (including phenoxy) is 2. The molecule has 3 aromatic carbocycles. The summed E-state index contributed by atoms with van der Waals surface area (Å²) in [4.78, 5) is 11.4. The number of hydrogen-bond acceptors (Lipinski definition) is 4. The van der Waals surface area contributed by atoms with Gasteiger partial charge in [-0.3, -0.25) is 4.79 Å². The Balaban J connectivity index is 1.24. The summed E-state index contributed by atoms with van der Waals surface area (Å²) < 4.78 is 11.4. The molecule has 5 heteroatoms. The van der Waals surface area contributed by atoms with Gasteiger partial charge in [0.05, 0.1) is 5.69 Å². The van der Waals surface area contributed by atoms with Crippen LogP contribution in [0.4, 0.5) is 5.69 Å². The first-order valence-corrected chi connectivity index (χ1v) is 10.2. The Morgan fingerprint density at radius 1 is 1.03 bits per heavy atom. The molecule has 1 heterocycles. The van der Waals surface area contributed by atoms with E-state index in [-0.39, 0.29) is 18.6 Å². The van der Waals surface area contributed by atoms with Crippen molar-refractivity contribution in [3.05, 3.63) is 89.5 Å². The third kappa shape index (κ3) is 5.19. The fourth-order valence-corrected chi connectivity index (χ4v) is 3.40. The van der Waals surface area contributed by atoms with Crippen LogP contribution in [0.5, 0.6) is 11.5 Å².